The highest BCUT2D eigenvalue weighted by molar-refractivity contribution is 7.93. The molecule has 2 heterocycles. The van der Waals surface area contributed by atoms with E-state index in [1.54, 1.807) is 55.6 Å². The Labute approximate surface area is 236 Å². The Hall–Kier alpha value is -3.96. The third-order valence-electron chi connectivity index (χ3n) is 6.76. The Morgan fingerprint density at radius 1 is 1.07 bits per heavy atom. The van der Waals surface area contributed by atoms with Crippen LogP contribution in [0.15, 0.2) is 65.8 Å². The van der Waals surface area contributed by atoms with Crippen LogP contribution in [0, 0.1) is 0 Å². The van der Waals surface area contributed by atoms with Crippen molar-refractivity contribution in [1.82, 2.24) is 4.98 Å². The first-order chi connectivity index (χ1) is 19.3. The van der Waals surface area contributed by atoms with Crippen LogP contribution >= 0.6 is 11.3 Å². The summed E-state index contributed by atoms with van der Waals surface area (Å²) in [6, 6.07) is 13.0. The van der Waals surface area contributed by atoms with Crippen molar-refractivity contribution in [2.75, 3.05) is 29.9 Å². The average molecular weight is 580 g/mol. The minimum atomic E-state index is -4.21. The maximum absolute atomic E-state index is 14.1. The number of anilines is 2. The topological polar surface area (TPSA) is 115 Å². The molecule has 1 amide bonds. The normalized spacial score (nSPS) is 12.9. The minimum absolute atomic E-state index is 0.0508. The van der Waals surface area contributed by atoms with Crippen LogP contribution in [-0.2, 0) is 32.4 Å². The quantitative estimate of drug-likeness (QED) is 0.271. The van der Waals surface area contributed by atoms with Gasteiger partial charge in [-0.25, -0.2) is 13.2 Å². The van der Waals surface area contributed by atoms with Crippen molar-refractivity contribution in [3.8, 4) is 5.75 Å². The van der Waals surface area contributed by atoms with E-state index in [4.69, 9.17) is 9.47 Å². The summed E-state index contributed by atoms with van der Waals surface area (Å²) in [5, 5.41) is 4.37. The zero-order chi connectivity index (χ0) is 28.3. The number of benzene rings is 2. The minimum Gasteiger partial charge on any atom is -0.497 e. The number of esters is 1. The largest absolute Gasteiger partial charge is 0.497 e. The summed E-state index contributed by atoms with van der Waals surface area (Å²) >= 11 is 1.35. The SMILES string of the molecule is CCOC(=O)c1c(NC(=O)CN(c2ccc(OC)cc2)S(=O)(=O)c2cccc3cnccc23)sc2c1CCCC2. The van der Waals surface area contributed by atoms with Crippen molar-refractivity contribution in [1.29, 1.82) is 0 Å². The van der Waals surface area contributed by atoms with E-state index in [1.807, 2.05) is 0 Å². The highest BCUT2D eigenvalue weighted by Gasteiger charge is 2.31. The third-order valence-corrected chi connectivity index (χ3v) is 9.80. The number of nitrogens with one attached hydrogen (secondary N) is 1. The number of hydrogen-bond acceptors (Lipinski definition) is 8. The smallest absolute Gasteiger partial charge is 0.341 e. The third kappa shape index (κ3) is 5.39. The molecule has 1 aliphatic carbocycles. The molecule has 5 rings (SSSR count). The molecule has 1 aliphatic rings. The molecule has 1 N–H and O–H groups in total. The van der Waals surface area contributed by atoms with E-state index in [9.17, 15) is 18.0 Å². The molecule has 0 radical (unpaired) electrons. The molecule has 0 fully saturated rings. The van der Waals surface area contributed by atoms with Gasteiger partial charge in [-0.3, -0.25) is 14.1 Å². The lowest BCUT2D eigenvalue weighted by atomic mass is 9.95. The number of fused-ring (bicyclic) bond motifs is 2. The molecular weight excluding hydrogens is 550 g/mol. The lowest BCUT2D eigenvalue weighted by Crippen LogP contribution is -2.38. The van der Waals surface area contributed by atoms with Crippen molar-refractivity contribution >= 4 is 54.7 Å². The number of methoxy groups -OCH3 is 1. The van der Waals surface area contributed by atoms with Gasteiger partial charge in [0.25, 0.3) is 10.0 Å². The van der Waals surface area contributed by atoms with Gasteiger partial charge in [0, 0.05) is 28.0 Å². The predicted octanol–water partition coefficient (Wildman–Crippen LogP) is 5.19. The van der Waals surface area contributed by atoms with E-state index < -0.39 is 28.4 Å². The first kappa shape index (κ1) is 27.6. The molecule has 0 saturated carbocycles. The molecule has 2 aromatic carbocycles. The number of carbonyl (C=O) groups excluding carboxylic acids is 2. The summed E-state index contributed by atoms with van der Waals surface area (Å²) in [4.78, 5) is 31.6. The summed E-state index contributed by atoms with van der Waals surface area (Å²) in [5.74, 6) is -0.517. The zero-order valence-electron chi connectivity index (χ0n) is 22.2. The number of thiophene rings is 1. The molecule has 0 unspecified atom stereocenters. The Morgan fingerprint density at radius 3 is 2.60 bits per heavy atom. The number of carbonyl (C=O) groups is 2. The van der Waals surface area contributed by atoms with Crippen LogP contribution in [0.3, 0.4) is 0 Å². The summed E-state index contributed by atoms with van der Waals surface area (Å²) < 4.78 is 39.9. The van der Waals surface area contributed by atoms with Gasteiger partial charge in [-0.15, -0.1) is 11.3 Å². The fourth-order valence-electron chi connectivity index (χ4n) is 4.87. The number of nitrogens with zero attached hydrogens (tertiary/aromatic N) is 2. The van der Waals surface area contributed by atoms with Crippen LogP contribution < -0.4 is 14.4 Å². The standard InChI is InChI=1S/C29H29N3O6S2/c1-3-38-29(34)27-23-8-4-5-9-24(23)39-28(27)31-26(33)18-32(20-11-13-21(37-2)14-12-20)40(35,36)25-10-6-7-19-17-30-16-15-22(19)25/h6-7,10-17H,3-5,8-9,18H2,1-2H3,(H,31,33). The van der Waals surface area contributed by atoms with E-state index >= 15 is 0 Å². The van der Waals surface area contributed by atoms with Gasteiger partial charge in [0.2, 0.25) is 5.91 Å². The molecular formula is C29H29N3O6S2. The first-order valence-corrected chi connectivity index (χ1v) is 15.2. The number of hydrogen-bond donors (Lipinski definition) is 1. The van der Waals surface area contributed by atoms with E-state index in [1.165, 1.54) is 30.7 Å². The second-order valence-corrected chi connectivity index (χ2v) is 12.2. The second-order valence-electron chi connectivity index (χ2n) is 9.25. The number of pyridine rings is 1. The second kappa shape index (κ2) is 11.6. The molecule has 208 valence electrons. The fourth-order valence-corrected chi connectivity index (χ4v) is 7.80. The van der Waals surface area contributed by atoms with Crippen molar-refractivity contribution in [3.63, 3.8) is 0 Å². The number of amides is 1. The molecule has 4 aromatic rings. The van der Waals surface area contributed by atoms with Gasteiger partial charge < -0.3 is 14.8 Å². The molecule has 0 spiro atoms. The summed E-state index contributed by atoms with van der Waals surface area (Å²) in [6.45, 7) is 1.43. The Morgan fingerprint density at radius 2 is 1.85 bits per heavy atom. The van der Waals surface area contributed by atoms with Crippen LogP contribution in [-0.4, -0.2) is 45.5 Å². The summed E-state index contributed by atoms with van der Waals surface area (Å²) in [5.41, 5.74) is 1.57. The molecule has 2 aromatic heterocycles. The molecule has 11 heteroatoms. The Balaban J connectivity index is 1.52. The summed E-state index contributed by atoms with van der Waals surface area (Å²) in [6.07, 6.45) is 6.64. The first-order valence-electron chi connectivity index (χ1n) is 12.9. The van der Waals surface area contributed by atoms with Crippen LogP contribution in [0.4, 0.5) is 10.7 Å². The fraction of sp³-hybridized carbons (Fsp3) is 0.276. The van der Waals surface area contributed by atoms with E-state index in [2.05, 4.69) is 10.3 Å². The van der Waals surface area contributed by atoms with Crippen LogP contribution in [0.1, 0.15) is 40.6 Å². The number of aryl methyl sites for hydroxylation is 1. The average Bonchev–Trinajstić information content (AvgIpc) is 3.33. The van der Waals surface area contributed by atoms with E-state index in [0.29, 0.717) is 27.1 Å². The van der Waals surface area contributed by atoms with Gasteiger partial charge in [-0.1, -0.05) is 12.1 Å². The Bertz CT molecular complexity index is 1660. The molecule has 40 heavy (non-hydrogen) atoms. The van der Waals surface area contributed by atoms with E-state index in [0.717, 1.165) is 40.4 Å². The van der Waals surface area contributed by atoms with Crippen LogP contribution in [0.5, 0.6) is 5.75 Å². The highest BCUT2D eigenvalue weighted by atomic mass is 32.2. The number of rotatable bonds is 9. The maximum atomic E-state index is 14.1. The van der Waals surface area contributed by atoms with Crippen LogP contribution in [0.25, 0.3) is 10.8 Å². The van der Waals surface area contributed by atoms with Gasteiger partial charge in [0.05, 0.1) is 29.9 Å². The lowest BCUT2D eigenvalue weighted by Gasteiger charge is -2.25. The van der Waals surface area contributed by atoms with Gasteiger partial charge in [0.1, 0.15) is 17.3 Å². The van der Waals surface area contributed by atoms with Crippen molar-refractivity contribution < 1.29 is 27.5 Å². The number of sulfonamides is 1. The van der Waals surface area contributed by atoms with Crippen molar-refractivity contribution in [3.05, 3.63) is 76.9 Å². The van der Waals surface area contributed by atoms with Gasteiger partial charge in [0.15, 0.2) is 0 Å². The maximum Gasteiger partial charge on any atom is 0.341 e. The number of ether oxygens (including phenoxy) is 2. The Kier molecular flexibility index (Phi) is 8.04. The zero-order valence-corrected chi connectivity index (χ0v) is 23.8. The van der Waals surface area contributed by atoms with Gasteiger partial charge in [-0.2, -0.15) is 0 Å². The summed E-state index contributed by atoms with van der Waals surface area (Å²) in [7, 11) is -2.69. The highest BCUT2D eigenvalue weighted by Crippen LogP contribution is 2.39. The predicted molar refractivity (Wildman–Crippen MR) is 155 cm³/mol. The van der Waals surface area contributed by atoms with Crippen LogP contribution in [0.2, 0.25) is 0 Å². The molecule has 0 aliphatic heterocycles. The molecule has 0 saturated heterocycles. The van der Waals surface area contributed by atoms with Gasteiger partial charge in [-0.05, 0) is 74.6 Å². The van der Waals surface area contributed by atoms with Gasteiger partial charge >= 0.3 is 5.97 Å². The lowest BCUT2D eigenvalue weighted by molar-refractivity contribution is -0.114. The van der Waals surface area contributed by atoms with Crippen molar-refractivity contribution in [2.45, 2.75) is 37.5 Å². The van der Waals surface area contributed by atoms with Crippen molar-refractivity contribution in [2.24, 2.45) is 0 Å². The number of aromatic nitrogens is 1. The monoisotopic (exact) mass is 579 g/mol. The molecule has 0 atom stereocenters. The van der Waals surface area contributed by atoms with E-state index in [-0.39, 0.29) is 17.2 Å². The molecule has 9 nitrogen and oxygen atoms in total. The molecule has 0 bridgehead atoms.